The third-order valence-corrected chi connectivity index (χ3v) is 5.21. The summed E-state index contributed by atoms with van der Waals surface area (Å²) in [4.78, 5) is 19.3. The maximum Gasteiger partial charge on any atom is 0.251 e. The number of carbonyl (C=O) groups excluding carboxylic acids is 1. The van der Waals surface area contributed by atoms with Gasteiger partial charge < -0.3 is 9.88 Å². The Morgan fingerprint density at radius 2 is 1.85 bits per heavy atom. The van der Waals surface area contributed by atoms with Gasteiger partial charge in [-0.15, -0.1) is 11.3 Å². The van der Waals surface area contributed by atoms with Gasteiger partial charge in [0.1, 0.15) is 5.01 Å². The van der Waals surface area contributed by atoms with E-state index in [-0.39, 0.29) is 5.91 Å². The lowest BCUT2D eigenvalue weighted by Crippen LogP contribution is -2.23. The molecule has 0 aliphatic rings. The van der Waals surface area contributed by atoms with Gasteiger partial charge in [0, 0.05) is 35.6 Å². The summed E-state index contributed by atoms with van der Waals surface area (Å²) in [5, 5.41) is 5.96. The van der Waals surface area contributed by atoms with Gasteiger partial charge in [0.05, 0.1) is 12.2 Å². The molecule has 6 heteroatoms. The minimum absolute atomic E-state index is 0.0791. The maximum absolute atomic E-state index is 12.3. The number of thiazole rings is 1. The molecule has 0 spiro atoms. The van der Waals surface area contributed by atoms with Crippen molar-refractivity contribution in [2.75, 3.05) is 13.1 Å². The lowest BCUT2D eigenvalue weighted by atomic mass is 10.2. The van der Waals surface area contributed by atoms with Gasteiger partial charge in [-0.3, -0.25) is 9.69 Å². The fraction of sp³-hybridized carbons (Fsp3) is 0.300. The Labute approximate surface area is 158 Å². The van der Waals surface area contributed by atoms with E-state index in [2.05, 4.69) is 34.4 Å². The van der Waals surface area contributed by atoms with Gasteiger partial charge in [0.15, 0.2) is 0 Å². The van der Waals surface area contributed by atoms with E-state index in [4.69, 9.17) is 0 Å². The predicted octanol–water partition coefficient (Wildman–Crippen LogP) is 3.71. The molecule has 0 saturated carbocycles. The SMILES string of the molecule is CCN(CC)Cc1csc(CNC(=O)c2ccc(-n3cccc3)cc2)n1. The Morgan fingerprint density at radius 3 is 2.50 bits per heavy atom. The highest BCUT2D eigenvalue weighted by atomic mass is 32.1. The third kappa shape index (κ3) is 4.59. The van der Waals surface area contributed by atoms with Gasteiger partial charge in [0.25, 0.3) is 5.91 Å². The van der Waals surface area contributed by atoms with E-state index in [1.165, 1.54) is 0 Å². The normalized spacial score (nSPS) is 11.0. The summed E-state index contributed by atoms with van der Waals surface area (Å²) >= 11 is 1.59. The van der Waals surface area contributed by atoms with E-state index in [0.29, 0.717) is 12.1 Å². The Kier molecular flexibility index (Phi) is 6.20. The van der Waals surface area contributed by atoms with Crippen molar-refractivity contribution in [2.24, 2.45) is 0 Å². The second-order valence-corrected chi connectivity index (χ2v) is 6.96. The molecule has 0 atom stereocenters. The number of hydrogen-bond acceptors (Lipinski definition) is 4. The van der Waals surface area contributed by atoms with Gasteiger partial charge in [-0.25, -0.2) is 4.98 Å². The summed E-state index contributed by atoms with van der Waals surface area (Å²) in [5.74, 6) is -0.0791. The third-order valence-electron chi connectivity index (χ3n) is 4.31. The smallest absolute Gasteiger partial charge is 0.251 e. The van der Waals surface area contributed by atoms with Crippen molar-refractivity contribution in [3.8, 4) is 5.69 Å². The Balaban J connectivity index is 1.55. The van der Waals surface area contributed by atoms with Crippen LogP contribution in [-0.2, 0) is 13.1 Å². The minimum Gasteiger partial charge on any atom is -0.346 e. The number of aromatic nitrogens is 2. The Morgan fingerprint density at radius 1 is 1.15 bits per heavy atom. The molecule has 3 rings (SSSR count). The second-order valence-electron chi connectivity index (χ2n) is 6.01. The van der Waals surface area contributed by atoms with E-state index < -0.39 is 0 Å². The van der Waals surface area contributed by atoms with Gasteiger partial charge >= 0.3 is 0 Å². The molecule has 136 valence electrons. The molecule has 3 aromatic rings. The Hall–Kier alpha value is -2.44. The zero-order valence-electron chi connectivity index (χ0n) is 15.2. The molecule has 26 heavy (non-hydrogen) atoms. The van der Waals surface area contributed by atoms with Crippen LogP contribution in [0.25, 0.3) is 5.69 Å². The van der Waals surface area contributed by atoms with Crippen molar-refractivity contribution in [3.63, 3.8) is 0 Å². The van der Waals surface area contributed by atoms with Crippen LogP contribution < -0.4 is 5.32 Å². The van der Waals surface area contributed by atoms with Crippen molar-refractivity contribution in [3.05, 3.63) is 70.4 Å². The average Bonchev–Trinajstić information content (AvgIpc) is 3.36. The van der Waals surface area contributed by atoms with Crippen LogP contribution in [-0.4, -0.2) is 33.4 Å². The first-order valence-electron chi connectivity index (χ1n) is 8.86. The second kappa shape index (κ2) is 8.78. The summed E-state index contributed by atoms with van der Waals surface area (Å²) in [6.45, 7) is 7.65. The molecule has 2 aromatic heterocycles. The lowest BCUT2D eigenvalue weighted by molar-refractivity contribution is 0.0951. The molecule has 1 amide bonds. The molecular formula is C20H24N4OS. The number of rotatable bonds is 8. The number of carbonyl (C=O) groups is 1. The summed E-state index contributed by atoms with van der Waals surface area (Å²) in [5.41, 5.74) is 2.76. The van der Waals surface area contributed by atoms with Crippen molar-refractivity contribution in [1.29, 1.82) is 0 Å². The standard InChI is InChI=1S/C20H24N4OS/c1-3-23(4-2)14-17-15-26-19(22-17)13-21-20(25)16-7-9-18(10-8-16)24-11-5-6-12-24/h5-12,15H,3-4,13-14H2,1-2H3,(H,21,25). The fourth-order valence-electron chi connectivity index (χ4n) is 2.73. The summed E-state index contributed by atoms with van der Waals surface area (Å²) in [6, 6.07) is 11.5. The molecule has 5 nitrogen and oxygen atoms in total. The zero-order chi connectivity index (χ0) is 18.4. The van der Waals surface area contributed by atoms with E-state index in [1.54, 1.807) is 11.3 Å². The largest absolute Gasteiger partial charge is 0.346 e. The van der Waals surface area contributed by atoms with Crippen LogP contribution in [0.15, 0.2) is 54.2 Å². The van der Waals surface area contributed by atoms with Crippen LogP contribution in [0.3, 0.4) is 0 Å². The average molecular weight is 369 g/mol. The first kappa shape index (κ1) is 18.4. The van der Waals surface area contributed by atoms with Crippen molar-refractivity contribution >= 4 is 17.2 Å². The summed E-state index contributed by atoms with van der Waals surface area (Å²) in [7, 11) is 0. The van der Waals surface area contributed by atoms with E-state index in [1.807, 2.05) is 53.4 Å². The Bertz CT molecular complexity index is 820. The van der Waals surface area contributed by atoms with Gasteiger partial charge in [-0.1, -0.05) is 13.8 Å². The van der Waals surface area contributed by atoms with E-state index in [0.717, 1.165) is 36.0 Å². The van der Waals surface area contributed by atoms with E-state index in [9.17, 15) is 4.79 Å². The van der Waals surface area contributed by atoms with Gasteiger partial charge in [-0.05, 0) is 49.5 Å². The zero-order valence-corrected chi connectivity index (χ0v) is 16.0. The maximum atomic E-state index is 12.3. The van der Waals surface area contributed by atoms with Crippen LogP contribution in [0.4, 0.5) is 0 Å². The molecule has 0 radical (unpaired) electrons. The van der Waals surface area contributed by atoms with E-state index >= 15 is 0 Å². The van der Waals surface area contributed by atoms with Gasteiger partial charge in [0.2, 0.25) is 0 Å². The van der Waals surface area contributed by atoms with Gasteiger partial charge in [-0.2, -0.15) is 0 Å². The molecule has 0 fully saturated rings. The minimum atomic E-state index is -0.0791. The first-order chi connectivity index (χ1) is 12.7. The van der Waals surface area contributed by atoms with Crippen LogP contribution in [0, 0.1) is 0 Å². The topological polar surface area (TPSA) is 50.2 Å². The van der Waals surface area contributed by atoms with Crippen molar-refractivity contribution in [2.45, 2.75) is 26.9 Å². The summed E-state index contributed by atoms with van der Waals surface area (Å²) in [6.07, 6.45) is 3.96. The highest BCUT2D eigenvalue weighted by molar-refractivity contribution is 7.09. The molecule has 0 aliphatic carbocycles. The van der Waals surface area contributed by atoms with Crippen molar-refractivity contribution in [1.82, 2.24) is 19.8 Å². The number of hydrogen-bond donors (Lipinski definition) is 1. The molecular weight excluding hydrogens is 344 g/mol. The highest BCUT2D eigenvalue weighted by Crippen LogP contribution is 2.13. The number of nitrogens with zero attached hydrogens (tertiary/aromatic N) is 3. The lowest BCUT2D eigenvalue weighted by Gasteiger charge is -2.15. The molecule has 1 N–H and O–H groups in total. The van der Waals surface area contributed by atoms with Crippen LogP contribution in [0.1, 0.15) is 34.9 Å². The molecule has 0 aliphatic heterocycles. The molecule has 0 unspecified atom stereocenters. The monoisotopic (exact) mass is 368 g/mol. The fourth-order valence-corrected chi connectivity index (χ4v) is 3.45. The van der Waals surface area contributed by atoms with Crippen molar-refractivity contribution < 1.29 is 4.79 Å². The van der Waals surface area contributed by atoms with Crippen LogP contribution >= 0.6 is 11.3 Å². The molecule has 1 aromatic carbocycles. The van der Waals surface area contributed by atoms with Crippen LogP contribution in [0.5, 0.6) is 0 Å². The number of benzene rings is 1. The number of nitrogens with one attached hydrogen (secondary N) is 1. The predicted molar refractivity (Wildman–Crippen MR) is 106 cm³/mol. The molecule has 2 heterocycles. The molecule has 0 bridgehead atoms. The molecule has 0 saturated heterocycles. The first-order valence-corrected chi connectivity index (χ1v) is 9.74. The quantitative estimate of drug-likeness (QED) is 0.659. The van der Waals surface area contributed by atoms with Crippen LogP contribution in [0.2, 0.25) is 0 Å². The number of amides is 1. The highest BCUT2D eigenvalue weighted by Gasteiger charge is 2.09. The summed E-state index contributed by atoms with van der Waals surface area (Å²) < 4.78 is 2.01.